The predicted molar refractivity (Wildman–Crippen MR) is 70.5 cm³/mol. The van der Waals surface area contributed by atoms with Crippen molar-refractivity contribution in [2.45, 2.75) is 19.4 Å². The van der Waals surface area contributed by atoms with Gasteiger partial charge in [0.05, 0.1) is 12.0 Å². The SMILES string of the molecule is CC(CC(=O)O)OC(=O)COCOC(=O)c1ccccc1. The number of carbonyl (C=O) groups is 3. The third-order valence-electron chi connectivity index (χ3n) is 2.30. The molecule has 0 heterocycles. The Balaban J connectivity index is 2.18. The fraction of sp³-hybridized carbons (Fsp3) is 0.357. The summed E-state index contributed by atoms with van der Waals surface area (Å²) in [6.45, 7) is 0.642. The molecule has 0 bridgehead atoms. The highest BCUT2D eigenvalue weighted by molar-refractivity contribution is 5.89. The second kappa shape index (κ2) is 8.70. The van der Waals surface area contributed by atoms with Crippen molar-refractivity contribution in [2.75, 3.05) is 13.4 Å². The minimum absolute atomic E-state index is 0.283. The van der Waals surface area contributed by atoms with Gasteiger partial charge in [-0.1, -0.05) is 18.2 Å². The smallest absolute Gasteiger partial charge is 0.340 e. The number of esters is 2. The van der Waals surface area contributed by atoms with Gasteiger partial charge >= 0.3 is 17.9 Å². The second-order valence-corrected chi connectivity index (χ2v) is 4.16. The minimum Gasteiger partial charge on any atom is -0.481 e. The summed E-state index contributed by atoms with van der Waals surface area (Å²) in [6.07, 6.45) is -1.03. The average molecular weight is 296 g/mol. The van der Waals surface area contributed by atoms with Crippen LogP contribution in [-0.2, 0) is 23.8 Å². The van der Waals surface area contributed by atoms with Gasteiger partial charge in [-0.2, -0.15) is 0 Å². The van der Waals surface area contributed by atoms with Gasteiger partial charge in [0, 0.05) is 0 Å². The number of hydrogen-bond acceptors (Lipinski definition) is 6. The van der Waals surface area contributed by atoms with E-state index in [1.807, 2.05) is 0 Å². The zero-order valence-corrected chi connectivity index (χ0v) is 11.5. The van der Waals surface area contributed by atoms with Crippen LogP contribution in [0, 0.1) is 0 Å². The lowest BCUT2D eigenvalue weighted by Gasteiger charge is -2.11. The first-order valence-corrected chi connectivity index (χ1v) is 6.20. The highest BCUT2D eigenvalue weighted by Crippen LogP contribution is 2.01. The van der Waals surface area contributed by atoms with Crippen molar-refractivity contribution in [3.05, 3.63) is 35.9 Å². The molecule has 0 amide bonds. The molecule has 1 atom stereocenters. The Hall–Kier alpha value is -2.41. The van der Waals surface area contributed by atoms with Crippen molar-refractivity contribution >= 4 is 17.9 Å². The third kappa shape index (κ3) is 7.07. The standard InChI is InChI=1S/C14H16O7/c1-10(7-12(15)16)21-13(17)8-19-9-20-14(18)11-5-3-2-4-6-11/h2-6,10H,7-9H2,1H3,(H,15,16). The molecule has 0 aromatic heterocycles. The van der Waals surface area contributed by atoms with Crippen molar-refractivity contribution < 1.29 is 33.7 Å². The molecule has 0 aliphatic heterocycles. The van der Waals surface area contributed by atoms with Gasteiger partial charge in [0.2, 0.25) is 0 Å². The van der Waals surface area contributed by atoms with Crippen LogP contribution in [-0.4, -0.2) is 42.5 Å². The zero-order chi connectivity index (χ0) is 15.7. The van der Waals surface area contributed by atoms with Crippen molar-refractivity contribution in [3.63, 3.8) is 0 Å². The molecule has 7 heteroatoms. The van der Waals surface area contributed by atoms with E-state index in [4.69, 9.17) is 19.3 Å². The molecule has 0 aliphatic carbocycles. The molecular weight excluding hydrogens is 280 g/mol. The summed E-state index contributed by atoms with van der Waals surface area (Å²) < 4.78 is 14.4. The van der Waals surface area contributed by atoms with Gasteiger partial charge in [-0.05, 0) is 19.1 Å². The quantitative estimate of drug-likeness (QED) is 0.437. The average Bonchev–Trinajstić information content (AvgIpc) is 2.43. The predicted octanol–water partition coefficient (Wildman–Crippen LogP) is 1.22. The summed E-state index contributed by atoms with van der Waals surface area (Å²) in [5.41, 5.74) is 0.374. The molecule has 21 heavy (non-hydrogen) atoms. The number of hydrogen-bond donors (Lipinski definition) is 1. The highest BCUT2D eigenvalue weighted by Gasteiger charge is 2.13. The Morgan fingerprint density at radius 1 is 1.19 bits per heavy atom. The Kier molecular flexibility index (Phi) is 6.90. The summed E-state index contributed by atoms with van der Waals surface area (Å²) in [7, 11) is 0. The molecule has 1 unspecified atom stereocenters. The van der Waals surface area contributed by atoms with Crippen LogP contribution in [0.3, 0.4) is 0 Å². The van der Waals surface area contributed by atoms with E-state index in [2.05, 4.69) is 0 Å². The number of aliphatic carboxylic acids is 1. The van der Waals surface area contributed by atoms with Crippen LogP contribution in [0.25, 0.3) is 0 Å². The van der Waals surface area contributed by atoms with Crippen molar-refractivity contribution in [2.24, 2.45) is 0 Å². The third-order valence-corrected chi connectivity index (χ3v) is 2.30. The maximum atomic E-state index is 11.5. The van der Waals surface area contributed by atoms with Crippen LogP contribution >= 0.6 is 0 Å². The number of benzene rings is 1. The largest absolute Gasteiger partial charge is 0.481 e. The fourth-order valence-electron chi connectivity index (χ4n) is 1.42. The van der Waals surface area contributed by atoms with Gasteiger partial charge in [0.1, 0.15) is 12.7 Å². The monoisotopic (exact) mass is 296 g/mol. The van der Waals surface area contributed by atoms with Crippen LogP contribution in [0.2, 0.25) is 0 Å². The molecule has 0 saturated carbocycles. The van der Waals surface area contributed by atoms with E-state index in [0.29, 0.717) is 5.56 Å². The van der Waals surface area contributed by atoms with E-state index in [1.165, 1.54) is 6.92 Å². The van der Waals surface area contributed by atoms with Gasteiger partial charge in [0.25, 0.3) is 0 Å². The zero-order valence-electron chi connectivity index (χ0n) is 11.5. The molecule has 1 rings (SSSR count). The molecule has 1 N–H and O–H groups in total. The Bertz CT molecular complexity index is 483. The maximum absolute atomic E-state index is 11.5. The van der Waals surface area contributed by atoms with Gasteiger partial charge in [-0.15, -0.1) is 0 Å². The number of carbonyl (C=O) groups excluding carboxylic acids is 2. The molecule has 7 nitrogen and oxygen atoms in total. The highest BCUT2D eigenvalue weighted by atomic mass is 16.7. The molecule has 0 aliphatic rings. The van der Waals surface area contributed by atoms with Crippen molar-refractivity contribution in [1.82, 2.24) is 0 Å². The second-order valence-electron chi connectivity index (χ2n) is 4.16. The Morgan fingerprint density at radius 3 is 2.48 bits per heavy atom. The van der Waals surface area contributed by atoms with Gasteiger partial charge in [-0.25, -0.2) is 9.59 Å². The number of carboxylic acids is 1. The topological polar surface area (TPSA) is 99.1 Å². The summed E-state index contributed by atoms with van der Waals surface area (Å²) >= 11 is 0. The number of ether oxygens (including phenoxy) is 3. The first kappa shape index (κ1) is 16.6. The number of carboxylic acid groups (broad SMARTS) is 1. The summed E-state index contributed by atoms with van der Waals surface area (Å²) in [4.78, 5) is 33.2. The first-order valence-electron chi connectivity index (χ1n) is 6.20. The van der Waals surface area contributed by atoms with Crippen LogP contribution in [0.1, 0.15) is 23.7 Å². The lowest BCUT2D eigenvalue weighted by atomic mass is 10.2. The summed E-state index contributed by atoms with van der Waals surface area (Å²) in [5, 5.41) is 8.50. The van der Waals surface area contributed by atoms with Crippen LogP contribution in [0.4, 0.5) is 0 Å². The summed E-state index contributed by atoms with van der Waals surface area (Å²) in [6, 6.07) is 8.33. The molecule has 114 valence electrons. The summed E-state index contributed by atoms with van der Waals surface area (Å²) in [5.74, 6) is -2.35. The van der Waals surface area contributed by atoms with Gasteiger partial charge < -0.3 is 19.3 Å². The van der Waals surface area contributed by atoms with Crippen LogP contribution < -0.4 is 0 Å². The van der Waals surface area contributed by atoms with Crippen LogP contribution in [0.5, 0.6) is 0 Å². The van der Waals surface area contributed by atoms with E-state index in [0.717, 1.165) is 0 Å². The fourth-order valence-corrected chi connectivity index (χ4v) is 1.42. The lowest BCUT2D eigenvalue weighted by molar-refractivity contribution is -0.159. The Labute approximate surface area is 121 Å². The molecule has 1 aromatic carbocycles. The van der Waals surface area contributed by atoms with Crippen LogP contribution in [0.15, 0.2) is 30.3 Å². The normalized spacial score (nSPS) is 11.5. The molecule has 0 saturated heterocycles. The van der Waals surface area contributed by atoms with E-state index in [9.17, 15) is 14.4 Å². The van der Waals surface area contributed by atoms with Gasteiger partial charge in [0.15, 0.2) is 6.79 Å². The lowest BCUT2D eigenvalue weighted by Crippen LogP contribution is -2.22. The van der Waals surface area contributed by atoms with E-state index < -0.39 is 37.4 Å². The molecular formula is C14H16O7. The van der Waals surface area contributed by atoms with E-state index in [-0.39, 0.29) is 6.42 Å². The maximum Gasteiger partial charge on any atom is 0.340 e. The van der Waals surface area contributed by atoms with E-state index in [1.54, 1.807) is 30.3 Å². The van der Waals surface area contributed by atoms with Crippen molar-refractivity contribution in [1.29, 1.82) is 0 Å². The number of rotatable bonds is 8. The first-order chi connectivity index (χ1) is 9.99. The molecule has 0 radical (unpaired) electrons. The molecule has 0 fully saturated rings. The molecule has 0 spiro atoms. The Morgan fingerprint density at radius 2 is 1.86 bits per heavy atom. The van der Waals surface area contributed by atoms with Gasteiger partial charge in [-0.3, -0.25) is 4.79 Å². The van der Waals surface area contributed by atoms with Crippen molar-refractivity contribution in [3.8, 4) is 0 Å². The van der Waals surface area contributed by atoms with E-state index >= 15 is 0 Å². The molecule has 1 aromatic rings. The minimum atomic E-state index is -1.06.